The molecule has 2 N–H and O–H groups in total. The molecular formula is C15H21N3O4S. The normalized spacial score (nSPS) is 12.7. The zero-order valence-electron chi connectivity index (χ0n) is 13.6. The second kappa shape index (κ2) is 7.10. The Labute approximate surface area is 138 Å². The third-order valence-corrected chi connectivity index (χ3v) is 4.73. The fourth-order valence-corrected chi connectivity index (χ4v) is 3.31. The number of rotatable bonds is 7. The number of aliphatic carboxylic acids is 1. The van der Waals surface area contributed by atoms with Crippen LogP contribution in [0.5, 0.6) is 0 Å². The predicted molar refractivity (Wildman–Crippen MR) is 88.1 cm³/mol. The molecule has 2 rings (SSSR count). The van der Waals surface area contributed by atoms with Gasteiger partial charge in [0.15, 0.2) is 0 Å². The molecule has 126 valence electrons. The number of hydrogen-bond acceptors (Lipinski definition) is 5. The van der Waals surface area contributed by atoms with Gasteiger partial charge < -0.3 is 15.2 Å². The molecule has 7 nitrogen and oxygen atoms in total. The number of amides is 1. The van der Waals surface area contributed by atoms with Crippen molar-refractivity contribution in [1.29, 1.82) is 0 Å². The monoisotopic (exact) mass is 339 g/mol. The first kappa shape index (κ1) is 17.4. The number of ether oxygens (including phenoxy) is 1. The lowest BCUT2D eigenvalue weighted by Crippen LogP contribution is -2.41. The number of carbonyl (C=O) groups excluding carboxylic acids is 1. The molecule has 23 heavy (non-hydrogen) atoms. The van der Waals surface area contributed by atoms with Gasteiger partial charge in [0, 0.05) is 32.6 Å². The number of nitrogens with zero attached hydrogens (tertiary/aromatic N) is 2. The van der Waals surface area contributed by atoms with E-state index >= 15 is 0 Å². The van der Waals surface area contributed by atoms with Crippen LogP contribution < -0.4 is 5.32 Å². The second-order valence-electron chi connectivity index (χ2n) is 5.64. The van der Waals surface area contributed by atoms with Crippen LogP contribution in [-0.2, 0) is 16.6 Å². The Hall–Kier alpha value is -1.93. The molecule has 8 heteroatoms. The summed E-state index contributed by atoms with van der Waals surface area (Å²) in [7, 11) is 3.33. The molecule has 0 saturated carbocycles. The number of aromatic nitrogens is 2. The van der Waals surface area contributed by atoms with E-state index in [9.17, 15) is 14.7 Å². The summed E-state index contributed by atoms with van der Waals surface area (Å²) in [5, 5.41) is 17.1. The number of aryl methyl sites for hydroxylation is 1. The molecule has 1 amide bonds. The molecule has 1 unspecified atom stereocenters. The standard InChI is InChI=1S/C15H21N3O4S/c1-8(2)12-9-7-11(23-14(9)18(3)17-12)13(19)16-10(15(20)21)5-6-22-4/h7-8,10H,5-6H2,1-4H3,(H,16,19)(H,20,21). The number of nitrogens with one attached hydrogen (secondary N) is 1. The zero-order valence-corrected chi connectivity index (χ0v) is 14.4. The van der Waals surface area contributed by atoms with Crippen LogP contribution in [0.2, 0.25) is 0 Å². The van der Waals surface area contributed by atoms with Crippen molar-refractivity contribution in [3.63, 3.8) is 0 Å². The molecule has 2 heterocycles. The predicted octanol–water partition coefficient (Wildman–Crippen LogP) is 1.98. The molecule has 1 atom stereocenters. The molecule has 0 aliphatic heterocycles. The third kappa shape index (κ3) is 3.70. The molecule has 2 aromatic rings. The number of thiophene rings is 1. The topological polar surface area (TPSA) is 93.5 Å². The Balaban J connectivity index is 2.23. The molecule has 0 spiro atoms. The van der Waals surface area contributed by atoms with Gasteiger partial charge in [0.1, 0.15) is 10.9 Å². The summed E-state index contributed by atoms with van der Waals surface area (Å²) in [6.45, 7) is 4.36. The second-order valence-corrected chi connectivity index (χ2v) is 6.67. The van der Waals surface area contributed by atoms with E-state index in [-0.39, 0.29) is 24.9 Å². The Bertz CT molecular complexity index is 720. The molecule has 0 aliphatic carbocycles. The van der Waals surface area contributed by atoms with Gasteiger partial charge in [0.05, 0.1) is 10.6 Å². The highest BCUT2D eigenvalue weighted by Gasteiger charge is 2.23. The maximum Gasteiger partial charge on any atom is 0.326 e. The SMILES string of the molecule is COCCC(NC(=O)c1cc2c(C(C)C)nn(C)c2s1)C(=O)O. The highest BCUT2D eigenvalue weighted by atomic mass is 32.1. The van der Waals surface area contributed by atoms with E-state index in [1.54, 1.807) is 10.7 Å². The third-order valence-electron chi connectivity index (χ3n) is 3.52. The number of carboxylic acids is 1. The minimum atomic E-state index is -1.07. The van der Waals surface area contributed by atoms with Crippen molar-refractivity contribution in [3.05, 3.63) is 16.6 Å². The van der Waals surface area contributed by atoms with Crippen LogP contribution in [0, 0.1) is 0 Å². The first-order chi connectivity index (χ1) is 10.8. The Kier molecular flexibility index (Phi) is 5.38. The summed E-state index contributed by atoms with van der Waals surface area (Å²) in [6, 6.07) is 0.822. The highest BCUT2D eigenvalue weighted by molar-refractivity contribution is 7.20. The van der Waals surface area contributed by atoms with E-state index in [1.807, 2.05) is 20.9 Å². The van der Waals surface area contributed by atoms with Crippen LogP contribution >= 0.6 is 11.3 Å². The van der Waals surface area contributed by atoms with Crippen molar-refractivity contribution in [2.24, 2.45) is 7.05 Å². The van der Waals surface area contributed by atoms with Crippen LogP contribution in [0.4, 0.5) is 0 Å². The van der Waals surface area contributed by atoms with Crippen LogP contribution in [-0.4, -0.2) is 46.5 Å². The molecule has 2 aromatic heterocycles. The largest absolute Gasteiger partial charge is 0.480 e. The molecular weight excluding hydrogens is 318 g/mol. The van der Waals surface area contributed by atoms with E-state index < -0.39 is 12.0 Å². The van der Waals surface area contributed by atoms with Gasteiger partial charge in [-0.05, 0) is 12.0 Å². The van der Waals surface area contributed by atoms with Crippen LogP contribution in [0.1, 0.15) is 41.6 Å². The summed E-state index contributed by atoms with van der Waals surface area (Å²) >= 11 is 1.31. The Morgan fingerprint density at radius 3 is 2.74 bits per heavy atom. The minimum Gasteiger partial charge on any atom is -0.480 e. The maximum atomic E-state index is 12.3. The van der Waals surface area contributed by atoms with Crippen LogP contribution in [0.3, 0.4) is 0 Å². The fourth-order valence-electron chi connectivity index (χ4n) is 2.33. The van der Waals surface area contributed by atoms with E-state index in [2.05, 4.69) is 10.4 Å². The molecule has 0 radical (unpaired) electrons. The lowest BCUT2D eigenvalue weighted by Gasteiger charge is -2.13. The fraction of sp³-hybridized carbons (Fsp3) is 0.533. The number of methoxy groups -OCH3 is 1. The number of carbonyl (C=O) groups is 2. The van der Waals surface area contributed by atoms with Crippen molar-refractivity contribution in [2.75, 3.05) is 13.7 Å². The van der Waals surface area contributed by atoms with Gasteiger partial charge in [0.2, 0.25) is 0 Å². The summed E-state index contributed by atoms with van der Waals surface area (Å²) in [5.41, 5.74) is 0.937. The van der Waals surface area contributed by atoms with Gasteiger partial charge in [-0.2, -0.15) is 5.10 Å². The van der Waals surface area contributed by atoms with Gasteiger partial charge in [-0.3, -0.25) is 9.48 Å². The average molecular weight is 339 g/mol. The maximum absolute atomic E-state index is 12.3. The van der Waals surface area contributed by atoms with Crippen molar-refractivity contribution >= 4 is 33.4 Å². The van der Waals surface area contributed by atoms with E-state index in [1.165, 1.54) is 18.4 Å². The van der Waals surface area contributed by atoms with Crippen LogP contribution in [0.15, 0.2) is 6.07 Å². The molecule has 0 aromatic carbocycles. The van der Waals surface area contributed by atoms with Crippen molar-refractivity contribution < 1.29 is 19.4 Å². The van der Waals surface area contributed by atoms with Gasteiger partial charge in [-0.25, -0.2) is 4.79 Å². The lowest BCUT2D eigenvalue weighted by atomic mass is 10.1. The smallest absolute Gasteiger partial charge is 0.326 e. The summed E-state index contributed by atoms with van der Waals surface area (Å²) in [6.07, 6.45) is 0.223. The summed E-state index contributed by atoms with van der Waals surface area (Å²) < 4.78 is 6.64. The van der Waals surface area contributed by atoms with E-state index in [0.29, 0.717) is 4.88 Å². The number of hydrogen-bond donors (Lipinski definition) is 2. The van der Waals surface area contributed by atoms with Gasteiger partial charge in [-0.1, -0.05) is 13.8 Å². The van der Waals surface area contributed by atoms with Crippen molar-refractivity contribution in [2.45, 2.75) is 32.2 Å². The van der Waals surface area contributed by atoms with Gasteiger partial charge in [0.25, 0.3) is 5.91 Å². The summed E-state index contributed by atoms with van der Waals surface area (Å²) in [5.74, 6) is -1.21. The molecule has 0 fully saturated rings. The first-order valence-corrected chi connectivity index (χ1v) is 8.15. The Morgan fingerprint density at radius 2 is 2.17 bits per heavy atom. The molecule has 0 saturated heterocycles. The number of carboxylic acid groups (broad SMARTS) is 1. The van der Waals surface area contributed by atoms with Crippen LogP contribution in [0.25, 0.3) is 10.2 Å². The van der Waals surface area contributed by atoms with Gasteiger partial charge >= 0.3 is 5.97 Å². The molecule has 0 aliphatic rings. The Morgan fingerprint density at radius 1 is 1.48 bits per heavy atom. The first-order valence-electron chi connectivity index (χ1n) is 7.34. The zero-order chi connectivity index (χ0) is 17.1. The van der Waals surface area contributed by atoms with E-state index in [4.69, 9.17) is 4.74 Å². The minimum absolute atomic E-state index is 0.223. The highest BCUT2D eigenvalue weighted by Crippen LogP contribution is 2.31. The quantitative estimate of drug-likeness (QED) is 0.804. The van der Waals surface area contributed by atoms with Gasteiger partial charge in [-0.15, -0.1) is 11.3 Å². The average Bonchev–Trinajstić information content (AvgIpc) is 3.03. The molecule has 0 bridgehead atoms. The van der Waals surface area contributed by atoms with E-state index in [0.717, 1.165) is 15.9 Å². The lowest BCUT2D eigenvalue weighted by molar-refractivity contribution is -0.139. The van der Waals surface area contributed by atoms with Crippen molar-refractivity contribution in [1.82, 2.24) is 15.1 Å². The number of fused-ring (bicyclic) bond motifs is 1. The van der Waals surface area contributed by atoms with Crippen molar-refractivity contribution in [3.8, 4) is 0 Å². The summed E-state index contributed by atoms with van der Waals surface area (Å²) in [4.78, 5) is 24.9.